The van der Waals surface area contributed by atoms with Crippen molar-refractivity contribution in [2.24, 2.45) is 5.73 Å². The smallest absolute Gasteiger partial charge is 0.272 e. The largest absolute Gasteiger partial charge is 0.497 e. The van der Waals surface area contributed by atoms with E-state index in [4.69, 9.17) is 10.5 Å². The maximum Gasteiger partial charge on any atom is 0.272 e. The molecular weight excluding hydrogens is 268 g/mol. The first kappa shape index (κ1) is 15.0. The minimum atomic E-state index is -0.408. The van der Waals surface area contributed by atoms with Crippen LogP contribution in [0.5, 0.6) is 5.75 Å². The lowest BCUT2D eigenvalue weighted by molar-refractivity contribution is -0.385. The number of benzene rings is 2. The molecule has 110 valence electrons. The molecule has 0 aliphatic heterocycles. The Hall–Kier alpha value is -2.40. The van der Waals surface area contributed by atoms with Gasteiger partial charge in [0.15, 0.2) is 0 Å². The summed E-state index contributed by atoms with van der Waals surface area (Å²) in [6.07, 6.45) is 0. The van der Waals surface area contributed by atoms with Crippen molar-refractivity contribution in [2.75, 3.05) is 7.11 Å². The van der Waals surface area contributed by atoms with Crippen molar-refractivity contribution in [3.05, 3.63) is 68.8 Å². The Morgan fingerprint density at radius 3 is 2.29 bits per heavy atom. The molecule has 0 aliphatic rings. The average Bonchev–Trinajstić information content (AvgIpc) is 2.49. The molecule has 0 amide bonds. The van der Waals surface area contributed by atoms with Gasteiger partial charge >= 0.3 is 0 Å². The van der Waals surface area contributed by atoms with Crippen LogP contribution in [0.2, 0.25) is 0 Å². The number of nitrogens with two attached hydrogens (primary N) is 1. The van der Waals surface area contributed by atoms with Crippen LogP contribution in [0.25, 0.3) is 0 Å². The highest BCUT2D eigenvalue weighted by molar-refractivity contribution is 5.50. The standard InChI is InChI=1S/C16H18N2O3/c1-10-8-13(9-15(11(10)2)18(19)20)16(17)12-4-6-14(21-3)7-5-12/h4-9,16H,17H2,1-3H3. The predicted octanol–water partition coefficient (Wildman–Crippen LogP) is 3.27. The lowest BCUT2D eigenvalue weighted by Gasteiger charge is -2.15. The fourth-order valence-electron chi connectivity index (χ4n) is 2.24. The number of nitrogens with zero attached hydrogens (tertiary/aromatic N) is 1. The van der Waals surface area contributed by atoms with Crippen LogP contribution in [-0.2, 0) is 0 Å². The zero-order valence-corrected chi connectivity index (χ0v) is 12.3. The van der Waals surface area contributed by atoms with E-state index in [9.17, 15) is 10.1 Å². The van der Waals surface area contributed by atoms with Gasteiger partial charge in [-0.1, -0.05) is 18.2 Å². The van der Waals surface area contributed by atoms with E-state index in [0.717, 1.165) is 22.4 Å². The van der Waals surface area contributed by atoms with Crippen LogP contribution in [0.15, 0.2) is 36.4 Å². The SMILES string of the molecule is COc1ccc(C(N)c2cc(C)c(C)c([N+](=O)[O-])c2)cc1. The number of hydrogen-bond donors (Lipinski definition) is 1. The van der Waals surface area contributed by atoms with E-state index in [-0.39, 0.29) is 10.6 Å². The summed E-state index contributed by atoms with van der Waals surface area (Å²) in [6.45, 7) is 3.60. The lowest BCUT2D eigenvalue weighted by Crippen LogP contribution is -2.13. The van der Waals surface area contributed by atoms with Gasteiger partial charge in [-0.2, -0.15) is 0 Å². The maximum atomic E-state index is 11.1. The van der Waals surface area contributed by atoms with Crippen LogP contribution in [0.3, 0.4) is 0 Å². The molecule has 2 rings (SSSR count). The average molecular weight is 286 g/mol. The van der Waals surface area contributed by atoms with Gasteiger partial charge in [0, 0.05) is 11.6 Å². The molecule has 0 spiro atoms. The van der Waals surface area contributed by atoms with Gasteiger partial charge in [0.25, 0.3) is 5.69 Å². The van der Waals surface area contributed by atoms with Gasteiger partial charge in [0.1, 0.15) is 5.75 Å². The van der Waals surface area contributed by atoms with E-state index in [1.807, 2.05) is 37.3 Å². The molecule has 0 saturated carbocycles. The number of methoxy groups -OCH3 is 1. The lowest BCUT2D eigenvalue weighted by atomic mass is 9.95. The molecule has 21 heavy (non-hydrogen) atoms. The van der Waals surface area contributed by atoms with Gasteiger partial charge in [-0.05, 0) is 42.7 Å². The third-order valence-corrected chi connectivity index (χ3v) is 3.69. The summed E-state index contributed by atoms with van der Waals surface area (Å²) in [5, 5.41) is 11.1. The van der Waals surface area contributed by atoms with Crippen molar-refractivity contribution in [3.63, 3.8) is 0 Å². The first-order valence-corrected chi connectivity index (χ1v) is 6.59. The summed E-state index contributed by atoms with van der Waals surface area (Å²) in [5.41, 5.74) is 9.49. The van der Waals surface area contributed by atoms with Crippen molar-refractivity contribution in [1.29, 1.82) is 0 Å². The summed E-state index contributed by atoms with van der Waals surface area (Å²) in [6, 6.07) is 10.4. The Labute approximate surface area is 123 Å². The molecule has 2 aromatic rings. The molecule has 0 radical (unpaired) electrons. The quantitative estimate of drug-likeness (QED) is 0.691. The van der Waals surface area contributed by atoms with Gasteiger partial charge in [0.05, 0.1) is 18.1 Å². The van der Waals surface area contributed by atoms with Crippen LogP contribution in [0.4, 0.5) is 5.69 Å². The normalized spacial score (nSPS) is 12.0. The third kappa shape index (κ3) is 3.03. The van der Waals surface area contributed by atoms with Gasteiger partial charge in [-0.15, -0.1) is 0 Å². The van der Waals surface area contributed by atoms with Gasteiger partial charge < -0.3 is 10.5 Å². The Bertz CT molecular complexity index is 666. The molecule has 2 aromatic carbocycles. The van der Waals surface area contributed by atoms with Crippen molar-refractivity contribution in [2.45, 2.75) is 19.9 Å². The molecule has 0 aliphatic carbocycles. The van der Waals surface area contributed by atoms with E-state index in [1.165, 1.54) is 0 Å². The van der Waals surface area contributed by atoms with Crippen molar-refractivity contribution in [1.82, 2.24) is 0 Å². The van der Waals surface area contributed by atoms with Crippen molar-refractivity contribution < 1.29 is 9.66 Å². The molecule has 1 unspecified atom stereocenters. The third-order valence-electron chi connectivity index (χ3n) is 3.69. The number of nitro groups is 1. The Morgan fingerprint density at radius 2 is 1.76 bits per heavy atom. The van der Waals surface area contributed by atoms with Crippen LogP contribution in [0.1, 0.15) is 28.3 Å². The van der Waals surface area contributed by atoms with Crippen LogP contribution < -0.4 is 10.5 Å². The minimum absolute atomic E-state index is 0.106. The zero-order valence-electron chi connectivity index (χ0n) is 12.3. The fourth-order valence-corrected chi connectivity index (χ4v) is 2.24. The summed E-state index contributed by atoms with van der Waals surface area (Å²) in [4.78, 5) is 10.7. The van der Waals surface area contributed by atoms with Gasteiger partial charge in [-0.3, -0.25) is 10.1 Å². The minimum Gasteiger partial charge on any atom is -0.497 e. The van der Waals surface area contributed by atoms with Crippen molar-refractivity contribution in [3.8, 4) is 5.75 Å². The van der Waals surface area contributed by atoms with Crippen LogP contribution >= 0.6 is 0 Å². The molecule has 0 aromatic heterocycles. The van der Waals surface area contributed by atoms with E-state index < -0.39 is 6.04 Å². The molecule has 1 atom stereocenters. The van der Waals surface area contributed by atoms with Gasteiger partial charge in [-0.25, -0.2) is 0 Å². The molecule has 2 N–H and O–H groups in total. The molecule has 0 heterocycles. The van der Waals surface area contributed by atoms with E-state index in [2.05, 4.69) is 0 Å². The summed E-state index contributed by atoms with van der Waals surface area (Å²) < 4.78 is 5.11. The van der Waals surface area contributed by atoms with E-state index in [1.54, 1.807) is 20.1 Å². The molecule has 5 nitrogen and oxygen atoms in total. The molecule has 5 heteroatoms. The molecular formula is C16H18N2O3. The first-order chi connectivity index (χ1) is 9.93. The number of rotatable bonds is 4. The van der Waals surface area contributed by atoms with E-state index >= 15 is 0 Å². The second-order valence-corrected chi connectivity index (χ2v) is 4.99. The van der Waals surface area contributed by atoms with Crippen LogP contribution in [-0.4, -0.2) is 12.0 Å². The molecule has 0 bridgehead atoms. The second kappa shape index (κ2) is 5.93. The topological polar surface area (TPSA) is 78.4 Å². The highest BCUT2D eigenvalue weighted by atomic mass is 16.6. The summed E-state index contributed by atoms with van der Waals surface area (Å²) in [7, 11) is 1.60. The predicted molar refractivity (Wildman–Crippen MR) is 81.6 cm³/mol. The summed E-state index contributed by atoms with van der Waals surface area (Å²) >= 11 is 0. The van der Waals surface area contributed by atoms with Gasteiger partial charge in [0.2, 0.25) is 0 Å². The zero-order chi connectivity index (χ0) is 15.6. The number of aryl methyl sites for hydroxylation is 1. The number of ether oxygens (including phenoxy) is 1. The highest BCUT2D eigenvalue weighted by Crippen LogP contribution is 2.29. The molecule has 0 saturated heterocycles. The Balaban J connectivity index is 2.42. The Morgan fingerprint density at radius 1 is 1.14 bits per heavy atom. The number of hydrogen-bond acceptors (Lipinski definition) is 4. The first-order valence-electron chi connectivity index (χ1n) is 6.59. The maximum absolute atomic E-state index is 11.1. The van der Waals surface area contributed by atoms with E-state index in [0.29, 0.717) is 5.56 Å². The fraction of sp³-hybridized carbons (Fsp3) is 0.250. The number of nitro benzene ring substituents is 1. The highest BCUT2D eigenvalue weighted by Gasteiger charge is 2.18. The van der Waals surface area contributed by atoms with Crippen molar-refractivity contribution >= 4 is 5.69 Å². The summed E-state index contributed by atoms with van der Waals surface area (Å²) in [5.74, 6) is 0.747. The van der Waals surface area contributed by atoms with Crippen LogP contribution in [0, 0.1) is 24.0 Å². The Kier molecular flexibility index (Phi) is 4.23. The second-order valence-electron chi connectivity index (χ2n) is 4.99. The molecule has 0 fully saturated rings. The monoisotopic (exact) mass is 286 g/mol.